The zero-order chi connectivity index (χ0) is 10.0. The molecular weight excluding hydrogens is 180 g/mol. The van der Waals surface area contributed by atoms with Gasteiger partial charge in [-0.1, -0.05) is 0 Å². The average molecular weight is 192 g/mol. The number of hydrogen-bond donors (Lipinski definition) is 3. The third kappa shape index (κ3) is 1.80. The summed E-state index contributed by atoms with van der Waals surface area (Å²) in [6.07, 6.45) is -4.70. The molecule has 0 amide bonds. The topological polar surface area (TPSA) is 96.2 Å². The predicted molar refractivity (Wildman–Crippen MR) is 39.8 cm³/mol. The minimum absolute atomic E-state index is 0.578. The van der Waals surface area contributed by atoms with Crippen LogP contribution < -0.4 is 0 Å². The molecule has 6 heteroatoms. The van der Waals surface area contributed by atoms with Crippen LogP contribution in [0.2, 0.25) is 0 Å². The molecule has 3 N–H and O–H groups in total. The van der Waals surface area contributed by atoms with Crippen LogP contribution in [0.4, 0.5) is 0 Å². The SMILES string of the molecule is CO[C@H]1C(=O)O[C@@H]([C@H](O)CO)[C@@H]1O. The van der Waals surface area contributed by atoms with Crippen molar-refractivity contribution >= 4 is 5.97 Å². The summed E-state index contributed by atoms with van der Waals surface area (Å²) < 4.78 is 9.25. The summed E-state index contributed by atoms with van der Waals surface area (Å²) in [4.78, 5) is 10.9. The van der Waals surface area contributed by atoms with Gasteiger partial charge in [0.25, 0.3) is 0 Å². The smallest absolute Gasteiger partial charge is 0.338 e. The van der Waals surface area contributed by atoms with Gasteiger partial charge in [-0.2, -0.15) is 0 Å². The van der Waals surface area contributed by atoms with Crippen molar-refractivity contribution in [1.29, 1.82) is 0 Å². The van der Waals surface area contributed by atoms with Gasteiger partial charge < -0.3 is 24.8 Å². The number of hydrogen-bond acceptors (Lipinski definition) is 6. The van der Waals surface area contributed by atoms with Crippen LogP contribution in [0.5, 0.6) is 0 Å². The number of carbonyl (C=O) groups is 1. The molecule has 0 spiro atoms. The molecule has 1 heterocycles. The van der Waals surface area contributed by atoms with Crippen molar-refractivity contribution in [1.82, 2.24) is 0 Å². The lowest BCUT2D eigenvalue weighted by Gasteiger charge is -2.18. The standard InChI is InChI=1S/C7H12O6/c1-12-6-4(10)5(3(9)2-8)13-7(6)11/h3-6,8-10H,2H2,1H3/t3-,4+,5+,6-/m1/s1. The lowest BCUT2D eigenvalue weighted by Crippen LogP contribution is -2.40. The molecule has 13 heavy (non-hydrogen) atoms. The molecule has 1 aliphatic heterocycles. The molecule has 1 fully saturated rings. The molecule has 0 aromatic rings. The minimum atomic E-state index is -1.28. The van der Waals surface area contributed by atoms with Gasteiger partial charge in [-0.15, -0.1) is 0 Å². The monoisotopic (exact) mass is 192 g/mol. The number of aliphatic hydroxyl groups excluding tert-OH is 3. The number of esters is 1. The third-order valence-electron chi connectivity index (χ3n) is 1.95. The molecule has 1 saturated heterocycles. The van der Waals surface area contributed by atoms with Crippen molar-refractivity contribution < 1.29 is 29.6 Å². The maximum absolute atomic E-state index is 10.9. The Morgan fingerprint density at radius 3 is 2.69 bits per heavy atom. The first-order valence-electron chi connectivity index (χ1n) is 3.82. The zero-order valence-electron chi connectivity index (χ0n) is 7.08. The van der Waals surface area contributed by atoms with E-state index in [4.69, 9.17) is 10.2 Å². The second-order valence-corrected chi connectivity index (χ2v) is 2.80. The van der Waals surface area contributed by atoms with Crippen LogP contribution in [-0.2, 0) is 14.3 Å². The van der Waals surface area contributed by atoms with E-state index >= 15 is 0 Å². The largest absolute Gasteiger partial charge is 0.455 e. The summed E-state index contributed by atoms with van der Waals surface area (Å²) in [7, 11) is 1.25. The number of rotatable bonds is 3. The van der Waals surface area contributed by atoms with Gasteiger partial charge in [-0.25, -0.2) is 4.79 Å². The summed E-state index contributed by atoms with van der Waals surface area (Å²) in [5, 5.41) is 27.1. The number of cyclic esters (lactones) is 1. The van der Waals surface area contributed by atoms with E-state index in [1.54, 1.807) is 0 Å². The van der Waals surface area contributed by atoms with Crippen LogP contribution in [0.15, 0.2) is 0 Å². The highest BCUT2D eigenvalue weighted by molar-refractivity contribution is 5.78. The first-order chi connectivity index (χ1) is 6.11. The molecular formula is C7H12O6. The van der Waals surface area contributed by atoms with Gasteiger partial charge in [0.2, 0.25) is 0 Å². The first-order valence-corrected chi connectivity index (χ1v) is 3.82. The molecule has 1 rings (SSSR count). The predicted octanol–water partition coefficient (Wildman–Crippen LogP) is -2.36. The minimum Gasteiger partial charge on any atom is -0.455 e. The van der Waals surface area contributed by atoms with E-state index in [1.807, 2.05) is 0 Å². The van der Waals surface area contributed by atoms with Gasteiger partial charge in [-0.05, 0) is 0 Å². The first kappa shape index (κ1) is 10.4. The van der Waals surface area contributed by atoms with E-state index in [-0.39, 0.29) is 0 Å². The Morgan fingerprint density at radius 2 is 2.31 bits per heavy atom. The van der Waals surface area contributed by atoms with Gasteiger partial charge in [-0.3, -0.25) is 0 Å². The molecule has 0 saturated carbocycles. The highest BCUT2D eigenvalue weighted by Crippen LogP contribution is 2.20. The van der Waals surface area contributed by atoms with E-state index in [1.165, 1.54) is 7.11 Å². The second-order valence-electron chi connectivity index (χ2n) is 2.80. The van der Waals surface area contributed by atoms with Crippen LogP contribution in [0, 0.1) is 0 Å². The Kier molecular flexibility index (Phi) is 3.21. The second kappa shape index (κ2) is 4.01. The fourth-order valence-electron chi connectivity index (χ4n) is 1.23. The number of carbonyl (C=O) groups excluding carboxylic acids is 1. The quantitative estimate of drug-likeness (QED) is 0.433. The van der Waals surface area contributed by atoms with Crippen LogP contribution in [0.1, 0.15) is 0 Å². The van der Waals surface area contributed by atoms with E-state index in [0.717, 1.165) is 0 Å². The van der Waals surface area contributed by atoms with Crippen molar-refractivity contribution in [2.24, 2.45) is 0 Å². The van der Waals surface area contributed by atoms with Crippen molar-refractivity contribution in [3.8, 4) is 0 Å². The Bertz CT molecular complexity index is 193. The molecule has 4 atom stereocenters. The molecule has 1 aliphatic rings. The molecule has 0 aliphatic carbocycles. The molecule has 0 radical (unpaired) electrons. The van der Waals surface area contributed by atoms with Gasteiger partial charge in [0, 0.05) is 7.11 Å². The average Bonchev–Trinajstić information content (AvgIpc) is 2.40. The highest BCUT2D eigenvalue weighted by atomic mass is 16.6. The summed E-state index contributed by atoms with van der Waals surface area (Å²) in [6, 6.07) is 0. The Labute approximate surface area is 74.7 Å². The van der Waals surface area contributed by atoms with Crippen LogP contribution >= 0.6 is 0 Å². The summed E-state index contributed by atoms with van der Waals surface area (Å²) in [6.45, 7) is -0.578. The van der Waals surface area contributed by atoms with E-state index < -0.39 is 37.0 Å². The van der Waals surface area contributed by atoms with Crippen LogP contribution in [0.3, 0.4) is 0 Å². The fraction of sp³-hybridized carbons (Fsp3) is 0.857. The van der Waals surface area contributed by atoms with Crippen molar-refractivity contribution in [2.45, 2.75) is 24.4 Å². The zero-order valence-corrected chi connectivity index (χ0v) is 7.08. The lowest BCUT2D eigenvalue weighted by atomic mass is 10.1. The Hall–Kier alpha value is -0.690. The summed E-state index contributed by atoms with van der Waals surface area (Å²) in [5.41, 5.74) is 0. The van der Waals surface area contributed by atoms with Crippen molar-refractivity contribution in [3.63, 3.8) is 0 Å². The van der Waals surface area contributed by atoms with Crippen LogP contribution in [-0.4, -0.2) is 59.4 Å². The molecule has 6 nitrogen and oxygen atoms in total. The summed E-state index contributed by atoms with van der Waals surface area (Å²) in [5.74, 6) is -0.729. The van der Waals surface area contributed by atoms with Gasteiger partial charge in [0.05, 0.1) is 6.61 Å². The molecule has 0 aromatic carbocycles. The normalized spacial score (nSPS) is 36.0. The maximum Gasteiger partial charge on any atom is 0.338 e. The lowest BCUT2D eigenvalue weighted by molar-refractivity contribution is -0.152. The van der Waals surface area contributed by atoms with E-state index in [2.05, 4.69) is 9.47 Å². The molecule has 0 bridgehead atoms. The van der Waals surface area contributed by atoms with Gasteiger partial charge in [0.1, 0.15) is 12.2 Å². The van der Waals surface area contributed by atoms with Crippen molar-refractivity contribution in [3.05, 3.63) is 0 Å². The molecule has 76 valence electrons. The molecule has 0 aromatic heterocycles. The number of methoxy groups -OCH3 is 1. The van der Waals surface area contributed by atoms with Crippen LogP contribution in [0.25, 0.3) is 0 Å². The Morgan fingerprint density at radius 1 is 1.69 bits per heavy atom. The Balaban J connectivity index is 2.66. The van der Waals surface area contributed by atoms with E-state index in [9.17, 15) is 9.90 Å². The van der Waals surface area contributed by atoms with Gasteiger partial charge >= 0.3 is 5.97 Å². The van der Waals surface area contributed by atoms with E-state index in [0.29, 0.717) is 0 Å². The van der Waals surface area contributed by atoms with Gasteiger partial charge in [0.15, 0.2) is 12.2 Å². The number of ether oxygens (including phenoxy) is 2. The summed E-state index contributed by atoms with van der Waals surface area (Å²) >= 11 is 0. The number of aliphatic hydroxyl groups is 3. The molecule has 0 unspecified atom stereocenters. The van der Waals surface area contributed by atoms with Crippen molar-refractivity contribution in [2.75, 3.05) is 13.7 Å². The highest BCUT2D eigenvalue weighted by Gasteiger charge is 2.47. The third-order valence-corrected chi connectivity index (χ3v) is 1.95. The fourth-order valence-corrected chi connectivity index (χ4v) is 1.23. The maximum atomic E-state index is 10.9.